The van der Waals surface area contributed by atoms with E-state index in [0.717, 1.165) is 28.3 Å². The molecule has 17 heavy (non-hydrogen) atoms. The van der Waals surface area contributed by atoms with Crippen molar-refractivity contribution in [3.63, 3.8) is 0 Å². The lowest BCUT2D eigenvalue weighted by Crippen LogP contribution is -1.77. The Labute approximate surface area is 98.6 Å². The fourth-order valence-electron chi connectivity index (χ4n) is 2.15. The van der Waals surface area contributed by atoms with E-state index in [1.54, 1.807) is 0 Å². The fourth-order valence-corrected chi connectivity index (χ4v) is 2.15. The number of aromatic nitrogens is 1. The summed E-state index contributed by atoms with van der Waals surface area (Å²) in [6, 6.07) is 11.9. The number of benzene rings is 2. The van der Waals surface area contributed by atoms with E-state index in [9.17, 15) is 4.79 Å². The number of carbonyl (C=O) groups is 1. The first kappa shape index (κ1) is 9.85. The summed E-state index contributed by atoms with van der Waals surface area (Å²) in [5.41, 5.74) is 3.83. The molecule has 0 aliphatic carbocycles. The van der Waals surface area contributed by atoms with Crippen molar-refractivity contribution in [2.24, 2.45) is 0 Å². The number of fused-ring (bicyclic) bond motifs is 3. The van der Waals surface area contributed by atoms with E-state index in [4.69, 9.17) is 0 Å². The van der Waals surface area contributed by atoms with Crippen molar-refractivity contribution in [3.05, 3.63) is 54.1 Å². The maximum Gasteiger partial charge on any atom is 0.150 e. The highest BCUT2D eigenvalue weighted by molar-refractivity contribution is 6.08. The molecule has 0 bridgehead atoms. The second kappa shape index (κ2) is 3.59. The molecule has 0 spiro atoms. The van der Waals surface area contributed by atoms with Crippen LogP contribution in [0.25, 0.3) is 27.9 Å². The number of hydrogen-bond donors (Lipinski definition) is 1. The molecule has 0 saturated heterocycles. The lowest BCUT2D eigenvalue weighted by molar-refractivity contribution is 0.112. The molecule has 0 amide bonds. The average Bonchev–Trinajstić information content (AvgIpc) is 2.74. The molecule has 0 radical (unpaired) electrons. The van der Waals surface area contributed by atoms with E-state index >= 15 is 0 Å². The van der Waals surface area contributed by atoms with Crippen molar-refractivity contribution in [1.29, 1.82) is 0 Å². The summed E-state index contributed by atoms with van der Waals surface area (Å²) in [6.45, 7) is 3.76. The summed E-state index contributed by atoms with van der Waals surface area (Å²) in [5.74, 6) is 0. The summed E-state index contributed by atoms with van der Waals surface area (Å²) in [4.78, 5) is 14.1. The SMILES string of the molecule is C=Cc1ccc2c(c1)[nH]c1cc(C=O)ccc12. The van der Waals surface area contributed by atoms with Gasteiger partial charge in [-0.15, -0.1) is 0 Å². The topological polar surface area (TPSA) is 32.9 Å². The lowest BCUT2D eigenvalue weighted by Gasteiger charge is -1.94. The predicted molar refractivity (Wildman–Crippen MR) is 71.3 cm³/mol. The number of rotatable bonds is 2. The molecule has 1 aromatic heterocycles. The molecule has 0 aliphatic rings. The van der Waals surface area contributed by atoms with Crippen molar-refractivity contribution in [3.8, 4) is 0 Å². The molecule has 2 nitrogen and oxygen atoms in total. The van der Waals surface area contributed by atoms with Crippen molar-refractivity contribution in [2.45, 2.75) is 0 Å². The van der Waals surface area contributed by atoms with E-state index in [1.165, 1.54) is 5.39 Å². The van der Waals surface area contributed by atoms with E-state index in [0.29, 0.717) is 5.56 Å². The first-order valence-electron chi connectivity index (χ1n) is 5.45. The zero-order valence-corrected chi connectivity index (χ0v) is 9.23. The van der Waals surface area contributed by atoms with Crippen LogP contribution >= 0.6 is 0 Å². The second-order valence-electron chi connectivity index (χ2n) is 4.06. The molecule has 3 aromatic rings. The van der Waals surface area contributed by atoms with Gasteiger partial charge in [0.2, 0.25) is 0 Å². The Morgan fingerprint density at radius 1 is 0.941 bits per heavy atom. The van der Waals surface area contributed by atoms with E-state index < -0.39 is 0 Å². The Morgan fingerprint density at radius 2 is 1.53 bits per heavy atom. The van der Waals surface area contributed by atoms with Crippen LogP contribution in [0.4, 0.5) is 0 Å². The van der Waals surface area contributed by atoms with Gasteiger partial charge in [0.1, 0.15) is 6.29 Å². The molecule has 0 atom stereocenters. The third-order valence-corrected chi connectivity index (χ3v) is 3.02. The third-order valence-electron chi connectivity index (χ3n) is 3.02. The quantitative estimate of drug-likeness (QED) is 0.656. The van der Waals surface area contributed by atoms with Crippen LogP contribution in [-0.4, -0.2) is 11.3 Å². The Morgan fingerprint density at radius 3 is 2.12 bits per heavy atom. The number of hydrogen-bond acceptors (Lipinski definition) is 1. The van der Waals surface area contributed by atoms with Gasteiger partial charge in [-0.05, 0) is 17.7 Å². The molecule has 2 heteroatoms. The Hall–Kier alpha value is -2.35. The molecular weight excluding hydrogens is 210 g/mol. The normalized spacial score (nSPS) is 10.8. The summed E-state index contributed by atoms with van der Waals surface area (Å²) >= 11 is 0. The summed E-state index contributed by atoms with van der Waals surface area (Å²) in [7, 11) is 0. The summed E-state index contributed by atoms with van der Waals surface area (Å²) in [5, 5.41) is 2.31. The Kier molecular flexibility index (Phi) is 2.08. The smallest absolute Gasteiger partial charge is 0.150 e. The van der Waals surface area contributed by atoms with Crippen LogP contribution in [0.15, 0.2) is 43.0 Å². The summed E-state index contributed by atoms with van der Waals surface area (Å²) in [6.07, 6.45) is 2.68. The molecule has 0 fully saturated rings. The number of nitrogens with one attached hydrogen (secondary N) is 1. The molecule has 0 aliphatic heterocycles. The highest BCUT2D eigenvalue weighted by Gasteiger charge is 2.04. The van der Waals surface area contributed by atoms with E-state index in [-0.39, 0.29) is 0 Å². The molecule has 2 aromatic carbocycles. The van der Waals surface area contributed by atoms with E-state index in [1.807, 2.05) is 30.3 Å². The van der Waals surface area contributed by atoms with Crippen molar-refractivity contribution >= 4 is 34.2 Å². The van der Waals surface area contributed by atoms with E-state index in [2.05, 4.69) is 23.7 Å². The summed E-state index contributed by atoms with van der Waals surface area (Å²) < 4.78 is 0. The van der Waals surface area contributed by atoms with Crippen molar-refractivity contribution in [1.82, 2.24) is 4.98 Å². The van der Waals surface area contributed by atoms with Crippen LogP contribution < -0.4 is 0 Å². The Bertz CT molecular complexity index is 675. The van der Waals surface area contributed by atoms with Crippen LogP contribution in [0.3, 0.4) is 0 Å². The minimum absolute atomic E-state index is 0.688. The molecule has 1 heterocycles. The number of carbonyl (C=O) groups excluding carboxylic acids is 1. The first-order valence-corrected chi connectivity index (χ1v) is 5.45. The van der Waals surface area contributed by atoms with Gasteiger partial charge in [0.05, 0.1) is 0 Å². The van der Waals surface area contributed by atoms with Gasteiger partial charge >= 0.3 is 0 Å². The van der Waals surface area contributed by atoms with Gasteiger partial charge < -0.3 is 4.98 Å². The Balaban J connectivity index is 2.39. The minimum atomic E-state index is 0.688. The molecule has 3 rings (SSSR count). The maximum atomic E-state index is 10.7. The predicted octanol–water partition coefficient (Wildman–Crippen LogP) is 3.78. The highest BCUT2D eigenvalue weighted by Crippen LogP contribution is 2.26. The zero-order valence-electron chi connectivity index (χ0n) is 9.23. The van der Waals surface area contributed by atoms with Gasteiger partial charge in [0, 0.05) is 27.4 Å². The monoisotopic (exact) mass is 221 g/mol. The number of H-pyrrole nitrogens is 1. The van der Waals surface area contributed by atoms with Crippen molar-refractivity contribution < 1.29 is 4.79 Å². The van der Waals surface area contributed by atoms with Gasteiger partial charge in [-0.1, -0.05) is 36.9 Å². The molecule has 82 valence electrons. The van der Waals surface area contributed by atoms with Gasteiger partial charge in [-0.3, -0.25) is 4.79 Å². The van der Waals surface area contributed by atoms with Gasteiger partial charge in [-0.25, -0.2) is 0 Å². The van der Waals surface area contributed by atoms with Crippen LogP contribution in [0.2, 0.25) is 0 Å². The highest BCUT2D eigenvalue weighted by atomic mass is 16.1. The molecule has 0 saturated carbocycles. The second-order valence-corrected chi connectivity index (χ2v) is 4.06. The van der Waals surface area contributed by atoms with Gasteiger partial charge in [0.15, 0.2) is 0 Å². The number of aldehydes is 1. The van der Waals surface area contributed by atoms with Gasteiger partial charge in [0.25, 0.3) is 0 Å². The molecule has 0 unspecified atom stereocenters. The minimum Gasteiger partial charge on any atom is -0.354 e. The number of aromatic amines is 1. The third kappa shape index (κ3) is 1.46. The van der Waals surface area contributed by atoms with Crippen LogP contribution in [0, 0.1) is 0 Å². The van der Waals surface area contributed by atoms with Crippen LogP contribution in [0.1, 0.15) is 15.9 Å². The lowest BCUT2D eigenvalue weighted by atomic mass is 10.1. The standard InChI is InChI=1S/C15H11NO/c1-2-10-3-5-12-13-6-4-11(9-17)8-15(13)16-14(12)7-10/h2-9,16H,1H2. The van der Waals surface area contributed by atoms with Gasteiger partial charge in [-0.2, -0.15) is 0 Å². The fraction of sp³-hybridized carbons (Fsp3) is 0. The average molecular weight is 221 g/mol. The molecular formula is C15H11NO. The van der Waals surface area contributed by atoms with Crippen LogP contribution in [0.5, 0.6) is 0 Å². The first-order chi connectivity index (χ1) is 8.31. The van der Waals surface area contributed by atoms with Crippen LogP contribution in [-0.2, 0) is 0 Å². The largest absolute Gasteiger partial charge is 0.354 e. The maximum absolute atomic E-state index is 10.7. The zero-order chi connectivity index (χ0) is 11.8. The van der Waals surface area contributed by atoms with Crippen molar-refractivity contribution in [2.75, 3.05) is 0 Å². The molecule has 1 N–H and O–H groups in total.